The van der Waals surface area contributed by atoms with E-state index in [4.69, 9.17) is 0 Å². The molecule has 1 saturated heterocycles. The van der Waals surface area contributed by atoms with E-state index >= 15 is 0 Å². The standard InChI is InChI=1S/C20H26FN3OS/c1-12-16(26-18(22-12)13-6-8-14(21)9-7-13)17(25)23-15-10-19(2,3)24-20(4,5)11-15/h6-9,15,24H,10-11H2,1-5H3,(H,23,25). The van der Waals surface area contributed by atoms with Crippen LogP contribution in [0.25, 0.3) is 10.6 Å². The highest BCUT2D eigenvalue weighted by atomic mass is 32.1. The summed E-state index contributed by atoms with van der Waals surface area (Å²) in [7, 11) is 0. The predicted octanol–water partition coefficient (Wildman–Crippen LogP) is 4.30. The van der Waals surface area contributed by atoms with E-state index in [1.54, 1.807) is 12.1 Å². The zero-order valence-corrected chi connectivity index (χ0v) is 16.8. The zero-order chi connectivity index (χ0) is 19.1. The highest BCUT2D eigenvalue weighted by Gasteiger charge is 2.38. The molecule has 1 aliphatic heterocycles. The largest absolute Gasteiger partial charge is 0.348 e. The second-order valence-electron chi connectivity index (χ2n) is 8.41. The number of benzene rings is 1. The lowest BCUT2D eigenvalue weighted by molar-refractivity contribution is 0.0876. The molecule has 2 N–H and O–H groups in total. The van der Waals surface area contributed by atoms with Gasteiger partial charge < -0.3 is 10.6 Å². The van der Waals surface area contributed by atoms with Crippen molar-refractivity contribution in [1.29, 1.82) is 0 Å². The van der Waals surface area contributed by atoms with Crippen LogP contribution >= 0.6 is 11.3 Å². The lowest BCUT2D eigenvalue weighted by atomic mass is 9.79. The van der Waals surface area contributed by atoms with Crippen molar-refractivity contribution in [3.05, 3.63) is 40.7 Å². The molecule has 0 spiro atoms. The molecule has 1 amide bonds. The number of halogens is 1. The van der Waals surface area contributed by atoms with Gasteiger partial charge in [0.25, 0.3) is 5.91 Å². The van der Waals surface area contributed by atoms with Gasteiger partial charge in [-0.05, 0) is 71.7 Å². The molecule has 0 atom stereocenters. The van der Waals surface area contributed by atoms with Gasteiger partial charge in [-0.3, -0.25) is 4.79 Å². The van der Waals surface area contributed by atoms with E-state index in [1.807, 2.05) is 6.92 Å². The minimum atomic E-state index is -0.281. The summed E-state index contributed by atoms with van der Waals surface area (Å²) in [6.07, 6.45) is 1.76. The molecule has 1 aromatic heterocycles. The van der Waals surface area contributed by atoms with Crippen LogP contribution in [0.5, 0.6) is 0 Å². The van der Waals surface area contributed by atoms with E-state index in [2.05, 4.69) is 43.3 Å². The molecule has 1 aliphatic rings. The van der Waals surface area contributed by atoms with Crippen LogP contribution in [0.1, 0.15) is 55.9 Å². The summed E-state index contributed by atoms with van der Waals surface area (Å²) >= 11 is 1.35. The minimum absolute atomic E-state index is 0.0261. The summed E-state index contributed by atoms with van der Waals surface area (Å²) in [4.78, 5) is 18.0. The summed E-state index contributed by atoms with van der Waals surface area (Å²) in [5.41, 5.74) is 1.48. The summed E-state index contributed by atoms with van der Waals surface area (Å²) in [5.74, 6) is -0.358. The first kappa shape index (κ1) is 19.0. The Morgan fingerprint density at radius 2 is 1.77 bits per heavy atom. The maximum Gasteiger partial charge on any atom is 0.263 e. The smallest absolute Gasteiger partial charge is 0.263 e. The van der Waals surface area contributed by atoms with Gasteiger partial charge in [-0.1, -0.05) is 0 Å². The van der Waals surface area contributed by atoms with Crippen LogP contribution < -0.4 is 10.6 Å². The summed E-state index contributed by atoms with van der Waals surface area (Å²) < 4.78 is 13.1. The molecule has 140 valence electrons. The molecule has 3 rings (SSSR count). The number of thiazole rings is 1. The fourth-order valence-electron chi connectivity index (χ4n) is 4.00. The van der Waals surface area contributed by atoms with Crippen LogP contribution in [-0.2, 0) is 0 Å². The monoisotopic (exact) mass is 375 g/mol. The van der Waals surface area contributed by atoms with Gasteiger partial charge in [0, 0.05) is 22.7 Å². The Balaban J connectivity index is 1.77. The van der Waals surface area contributed by atoms with Gasteiger partial charge in [0.1, 0.15) is 15.7 Å². The Hall–Kier alpha value is -1.79. The number of nitrogens with one attached hydrogen (secondary N) is 2. The number of piperidine rings is 1. The Kier molecular flexibility index (Phi) is 4.92. The highest BCUT2D eigenvalue weighted by Crippen LogP contribution is 2.31. The number of nitrogens with zero attached hydrogens (tertiary/aromatic N) is 1. The molecule has 1 aromatic carbocycles. The van der Waals surface area contributed by atoms with Crippen molar-refractivity contribution in [1.82, 2.24) is 15.6 Å². The van der Waals surface area contributed by atoms with Gasteiger partial charge in [-0.15, -0.1) is 11.3 Å². The SMILES string of the molecule is Cc1nc(-c2ccc(F)cc2)sc1C(=O)NC1CC(C)(C)NC(C)(C)C1. The van der Waals surface area contributed by atoms with Crippen molar-refractivity contribution in [2.24, 2.45) is 0 Å². The Labute approximate surface area is 158 Å². The van der Waals surface area contributed by atoms with Crippen LogP contribution in [0, 0.1) is 12.7 Å². The van der Waals surface area contributed by atoms with Crippen LogP contribution in [0.4, 0.5) is 4.39 Å². The zero-order valence-electron chi connectivity index (χ0n) is 15.9. The molecule has 0 saturated carbocycles. The van der Waals surface area contributed by atoms with E-state index in [9.17, 15) is 9.18 Å². The predicted molar refractivity (Wildman–Crippen MR) is 104 cm³/mol. The lowest BCUT2D eigenvalue weighted by Crippen LogP contribution is -2.62. The van der Waals surface area contributed by atoms with Crippen LogP contribution in [-0.4, -0.2) is 28.0 Å². The summed E-state index contributed by atoms with van der Waals surface area (Å²) in [6.45, 7) is 10.5. The van der Waals surface area contributed by atoms with Crippen molar-refractivity contribution in [3.63, 3.8) is 0 Å². The summed E-state index contributed by atoms with van der Waals surface area (Å²) in [5, 5.41) is 7.55. The van der Waals surface area contributed by atoms with Gasteiger partial charge in [0.2, 0.25) is 0 Å². The van der Waals surface area contributed by atoms with E-state index in [0.29, 0.717) is 10.6 Å². The number of hydrogen-bond donors (Lipinski definition) is 2. The first-order chi connectivity index (χ1) is 12.0. The van der Waals surface area contributed by atoms with Crippen molar-refractivity contribution < 1.29 is 9.18 Å². The fourth-order valence-corrected chi connectivity index (χ4v) is 4.97. The topological polar surface area (TPSA) is 54.0 Å². The van der Waals surface area contributed by atoms with Crippen LogP contribution in [0.15, 0.2) is 24.3 Å². The molecule has 0 unspecified atom stereocenters. The molecular formula is C20H26FN3OS. The first-order valence-corrected chi connectivity index (χ1v) is 9.70. The van der Waals surface area contributed by atoms with Gasteiger partial charge in [0.15, 0.2) is 0 Å². The van der Waals surface area contributed by atoms with E-state index in [0.717, 1.165) is 23.4 Å². The van der Waals surface area contributed by atoms with Crippen LogP contribution in [0.2, 0.25) is 0 Å². The molecule has 2 heterocycles. The lowest BCUT2D eigenvalue weighted by Gasteiger charge is -2.46. The van der Waals surface area contributed by atoms with Crippen molar-refractivity contribution in [3.8, 4) is 10.6 Å². The molecular weight excluding hydrogens is 349 g/mol. The van der Waals surface area contributed by atoms with E-state index < -0.39 is 0 Å². The number of aryl methyl sites for hydroxylation is 1. The third-order valence-electron chi connectivity index (χ3n) is 4.62. The molecule has 0 radical (unpaired) electrons. The van der Waals surface area contributed by atoms with Gasteiger partial charge in [0.05, 0.1) is 5.69 Å². The second kappa shape index (κ2) is 6.74. The summed E-state index contributed by atoms with van der Waals surface area (Å²) in [6, 6.07) is 6.31. The van der Waals surface area contributed by atoms with Crippen molar-refractivity contribution >= 4 is 17.2 Å². The number of aromatic nitrogens is 1. The molecule has 1 fully saturated rings. The average molecular weight is 376 g/mol. The number of rotatable bonds is 3. The van der Waals surface area contributed by atoms with Crippen LogP contribution in [0.3, 0.4) is 0 Å². The van der Waals surface area contributed by atoms with Crippen molar-refractivity contribution in [2.75, 3.05) is 0 Å². The third kappa shape index (κ3) is 4.30. The second-order valence-corrected chi connectivity index (χ2v) is 9.41. The number of hydrogen-bond acceptors (Lipinski definition) is 4. The van der Waals surface area contributed by atoms with Crippen molar-refractivity contribution in [2.45, 2.75) is 64.6 Å². The minimum Gasteiger partial charge on any atom is -0.348 e. The van der Waals surface area contributed by atoms with E-state index in [1.165, 1.54) is 23.5 Å². The van der Waals surface area contributed by atoms with Gasteiger partial charge >= 0.3 is 0 Å². The van der Waals surface area contributed by atoms with Gasteiger partial charge in [-0.25, -0.2) is 9.37 Å². The number of carbonyl (C=O) groups excluding carboxylic acids is 1. The molecule has 0 bridgehead atoms. The maximum atomic E-state index is 13.1. The maximum absolute atomic E-state index is 13.1. The highest BCUT2D eigenvalue weighted by molar-refractivity contribution is 7.17. The van der Waals surface area contributed by atoms with Gasteiger partial charge in [-0.2, -0.15) is 0 Å². The molecule has 26 heavy (non-hydrogen) atoms. The molecule has 6 heteroatoms. The fraction of sp³-hybridized carbons (Fsp3) is 0.500. The molecule has 4 nitrogen and oxygen atoms in total. The Morgan fingerprint density at radius 1 is 1.19 bits per heavy atom. The Bertz CT molecular complexity index is 795. The average Bonchev–Trinajstić information content (AvgIpc) is 2.86. The number of amides is 1. The molecule has 2 aromatic rings. The van der Waals surface area contributed by atoms with E-state index in [-0.39, 0.29) is 28.8 Å². The number of carbonyl (C=O) groups is 1. The quantitative estimate of drug-likeness (QED) is 0.841. The molecule has 0 aliphatic carbocycles. The Morgan fingerprint density at radius 3 is 2.35 bits per heavy atom. The third-order valence-corrected chi connectivity index (χ3v) is 5.82. The normalized spacial score (nSPS) is 19.3. The first-order valence-electron chi connectivity index (χ1n) is 8.88.